The maximum atomic E-state index is 12.8. The number of phosphoric ester groups is 1. The number of aliphatic hydroxyl groups is 6. The summed E-state index contributed by atoms with van der Waals surface area (Å²) in [6, 6.07) is 0. The van der Waals surface area contributed by atoms with Crippen LogP contribution >= 0.6 is 7.82 Å². The number of phosphoric acid groups is 1. The summed E-state index contributed by atoms with van der Waals surface area (Å²) < 4.78 is 33.4. The van der Waals surface area contributed by atoms with Crippen LogP contribution in [-0.4, -0.2) is 110 Å². The average Bonchev–Trinajstić information content (AvgIpc) is 3.22. The van der Waals surface area contributed by atoms with E-state index in [9.17, 15) is 49.7 Å². The van der Waals surface area contributed by atoms with Crippen molar-refractivity contribution in [2.75, 3.05) is 13.2 Å². The SMILES string of the molecule is CCCCC/C=C\C[C@H](O)/C=C/C=C\C/C=C\CCCC(=O)O[C@H](COC(=O)CCCCCCCCCCCCCCC)COP(=O)(O)OC1[C@H](O)[C@H](O)C(O)[C@H](O)[C@H]1O. The number of hydrogen-bond donors (Lipinski definition) is 7. The van der Waals surface area contributed by atoms with Crippen LogP contribution < -0.4 is 0 Å². The Hall–Kier alpha value is -2.23. The molecule has 1 fully saturated rings. The molecule has 14 nitrogen and oxygen atoms in total. The third-order valence-corrected chi connectivity index (χ3v) is 11.2. The Morgan fingerprint density at radius 2 is 1.12 bits per heavy atom. The number of unbranched alkanes of at least 4 members (excludes halogenated alkanes) is 16. The number of rotatable bonds is 36. The molecule has 0 aromatic carbocycles. The van der Waals surface area contributed by atoms with Gasteiger partial charge in [0.2, 0.25) is 0 Å². The van der Waals surface area contributed by atoms with Crippen LogP contribution in [0.2, 0.25) is 0 Å². The lowest BCUT2D eigenvalue weighted by molar-refractivity contribution is -0.220. The topological polar surface area (TPSA) is 230 Å². The van der Waals surface area contributed by atoms with E-state index in [1.165, 1.54) is 70.6 Å². The molecule has 0 heterocycles. The molecule has 0 spiro atoms. The molecular weight excluding hydrogens is 795 g/mol. The third-order valence-electron chi connectivity index (χ3n) is 10.3. The quantitative estimate of drug-likeness (QED) is 0.0107. The van der Waals surface area contributed by atoms with Crippen LogP contribution in [0.25, 0.3) is 0 Å². The molecule has 1 aliphatic rings. The lowest BCUT2D eigenvalue weighted by Gasteiger charge is -2.41. The zero-order valence-electron chi connectivity index (χ0n) is 36.4. The fraction of sp³-hybridized carbons (Fsp3) is 0.778. The Balaban J connectivity index is 2.55. The molecule has 0 saturated heterocycles. The molecule has 0 aliphatic heterocycles. The molecule has 9 atom stereocenters. The molecule has 15 heteroatoms. The van der Waals surface area contributed by atoms with Crippen LogP contribution in [0.3, 0.4) is 0 Å². The molecule has 3 unspecified atom stereocenters. The molecular formula is C45H79O14P. The van der Waals surface area contributed by atoms with Gasteiger partial charge in [0.05, 0.1) is 12.7 Å². The first-order valence-corrected chi connectivity index (χ1v) is 24.0. The van der Waals surface area contributed by atoms with E-state index in [-0.39, 0.29) is 12.8 Å². The summed E-state index contributed by atoms with van der Waals surface area (Å²) in [7, 11) is -5.15. The van der Waals surface area contributed by atoms with Crippen LogP contribution in [0.1, 0.15) is 162 Å². The summed E-state index contributed by atoms with van der Waals surface area (Å²) in [5, 5.41) is 60.1. The van der Waals surface area contributed by atoms with E-state index in [2.05, 4.69) is 19.9 Å². The largest absolute Gasteiger partial charge is 0.472 e. The Labute approximate surface area is 359 Å². The molecule has 7 N–H and O–H groups in total. The minimum atomic E-state index is -5.15. The maximum absolute atomic E-state index is 12.8. The molecule has 1 aliphatic carbocycles. The number of ether oxygens (including phenoxy) is 2. The highest BCUT2D eigenvalue weighted by Crippen LogP contribution is 2.47. The van der Waals surface area contributed by atoms with Crippen LogP contribution in [0.15, 0.2) is 48.6 Å². The summed E-state index contributed by atoms with van der Waals surface area (Å²) >= 11 is 0. The van der Waals surface area contributed by atoms with Gasteiger partial charge in [0.15, 0.2) is 6.10 Å². The van der Waals surface area contributed by atoms with Gasteiger partial charge < -0.3 is 45.0 Å². The second kappa shape index (κ2) is 35.3. The summed E-state index contributed by atoms with van der Waals surface area (Å²) in [5.74, 6) is -1.20. The second-order valence-corrected chi connectivity index (χ2v) is 17.2. The van der Waals surface area contributed by atoms with Gasteiger partial charge in [-0.2, -0.15) is 0 Å². The molecule has 0 bridgehead atoms. The fourth-order valence-electron chi connectivity index (χ4n) is 6.54. The number of allylic oxidation sites excluding steroid dienone is 6. The zero-order chi connectivity index (χ0) is 44.4. The number of carbonyl (C=O) groups excluding carboxylic acids is 2. The molecule has 0 amide bonds. The van der Waals surface area contributed by atoms with Crippen molar-refractivity contribution in [3.8, 4) is 0 Å². The van der Waals surface area contributed by atoms with E-state index in [0.29, 0.717) is 32.1 Å². The molecule has 348 valence electrons. The van der Waals surface area contributed by atoms with Gasteiger partial charge in [-0.25, -0.2) is 4.57 Å². The third kappa shape index (κ3) is 27.7. The average molecular weight is 875 g/mol. The van der Waals surface area contributed by atoms with Gasteiger partial charge in [0.1, 0.15) is 43.2 Å². The van der Waals surface area contributed by atoms with E-state index in [4.69, 9.17) is 18.5 Å². The Morgan fingerprint density at radius 1 is 0.600 bits per heavy atom. The van der Waals surface area contributed by atoms with Gasteiger partial charge in [-0.15, -0.1) is 0 Å². The number of esters is 2. The van der Waals surface area contributed by atoms with Crippen molar-refractivity contribution in [2.45, 2.75) is 210 Å². The van der Waals surface area contributed by atoms with Gasteiger partial charge in [0, 0.05) is 12.8 Å². The standard InChI is InChI=1S/C45H79O14P/c1-3-5-7-9-11-12-13-14-15-16-20-24-28-32-38(47)56-34-37(35-57-60(54,55)59-45-43(52)41(50)40(49)42(51)44(45)53)58-39(48)33-29-25-21-18-17-19-23-27-31-36(46)30-26-22-10-8-6-4-2/h18-19,21-23,26-27,31,36-37,40-46,49-53H,3-17,20,24-25,28-30,32-35H2,1-2H3,(H,54,55)/b21-18-,23-19-,26-22-,31-27+/t36-,37+,40?,41-,42+,43+,44+,45?/m0/s1. The molecule has 1 rings (SSSR count). The zero-order valence-corrected chi connectivity index (χ0v) is 37.2. The molecule has 0 radical (unpaired) electrons. The summed E-state index contributed by atoms with van der Waals surface area (Å²) in [6.07, 6.45) is 23.4. The van der Waals surface area contributed by atoms with Crippen molar-refractivity contribution >= 4 is 19.8 Å². The lowest BCUT2D eigenvalue weighted by Crippen LogP contribution is -2.64. The smallest absolute Gasteiger partial charge is 0.462 e. The second-order valence-electron chi connectivity index (χ2n) is 15.8. The highest BCUT2D eigenvalue weighted by atomic mass is 31.2. The number of aliphatic hydroxyl groups excluding tert-OH is 6. The van der Waals surface area contributed by atoms with Gasteiger partial charge in [-0.05, 0) is 44.9 Å². The fourth-order valence-corrected chi connectivity index (χ4v) is 7.51. The summed E-state index contributed by atoms with van der Waals surface area (Å²) in [5.41, 5.74) is 0. The van der Waals surface area contributed by atoms with Crippen molar-refractivity contribution in [1.82, 2.24) is 0 Å². The van der Waals surface area contributed by atoms with Gasteiger partial charge in [-0.1, -0.05) is 152 Å². The van der Waals surface area contributed by atoms with E-state index in [1.807, 2.05) is 30.4 Å². The van der Waals surface area contributed by atoms with Crippen molar-refractivity contribution in [1.29, 1.82) is 0 Å². The normalized spacial score (nSPS) is 23.1. The van der Waals surface area contributed by atoms with Crippen LogP contribution in [0.4, 0.5) is 0 Å². The van der Waals surface area contributed by atoms with E-state index < -0.39 is 81.8 Å². The first kappa shape index (κ1) is 55.8. The summed E-state index contributed by atoms with van der Waals surface area (Å²) in [4.78, 5) is 35.6. The van der Waals surface area contributed by atoms with Crippen LogP contribution in [0.5, 0.6) is 0 Å². The van der Waals surface area contributed by atoms with Crippen LogP contribution in [-0.2, 0) is 32.7 Å². The van der Waals surface area contributed by atoms with Crippen molar-refractivity contribution in [2.24, 2.45) is 0 Å². The Kier molecular flexibility index (Phi) is 32.8. The highest BCUT2D eigenvalue weighted by Gasteiger charge is 2.51. The van der Waals surface area contributed by atoms with Crippen molar-refractivity contribution in [3.63, 3.8) is 0 Å². The van der Waals surface area contributed by atoms with Crippen LogP contribution in [0, 0.1) is 0 Å². The van der Waals surface area contributed by atoms with E-state index >= 15 is 0 Å². The Bertz CT molecular complexity index is 1260. The lowest BCUT2D eigenvalue weighted by atomic mass is 9.85. The summed E-state index contributed by atoms with van der Waals surface area (Å²) in [6.45, 7) is 3.14. The minimum Gasteiger partial charge on any atom is -0.462 e. The number of hydrogen-bond acceptors (Lipinski definition) is 13. The van der Waals surface area contributed by atoms with Crippen molar-refractivity contribution < 1.29 is 68.2 Å². The molecule has 1 saturated carbocycles. The minimum absolute atomic E-state index is 0.0108. The molecule has 0 aromatic heterocycles. The Morgan fingerprint density at radius 3 is 1.73 bits per heavy atom. The van der Waals surface area contributed by atoms with E-state index in [0.717, 1.165) is 32.1 Å². The van der Waals surface area contributed by atoms with Gasteiger partial charge >= 0.3 is 19.8 Å². The van der Waals surface area contributed by atoms with E-state index in [1.54, 1.807) is 12.2 Å². The predicted octanol–water partition coefficient (Wildman–Crippen LogP) is 7.36. The van der Waals surface area contributed by atoms with Gasteiger partial charge in [-0.3, -0.25) is 18.6 Å². The monoisotopic (exact) mass is 875 g/mol. The van der Waals surface area contributed by atoms with Gasteiger partial charge in [0.25, 0.3) is 0 Å². The van der Waals surface area contributed by atoms with Crippen molar-refractivity contribution in [3.05, 3.63) is 48.6 Å². The number of carbonyl (C=O) groups is 2. The predicted molar refractivity (Wildman–Crippen MR) is 232 cm³/mol. The molecule has 0 aromatic rings. The molecule has 60 heavy (non-hydrogen) atoms. The first-order valence-electron chi connectivity index (χ1n) is 22.5. The highest BCUT2D eigenvalue weighted by molar-refractivity contribution is 7.47. The maximum Gasteiger partial charge on any atom is 0.472 e. The first-order chi connectivity index (χ1) is 28.8.